The predicted octanol–water partition coefficient (Wildman–Crippen LogP) is -0.195. The first-order valence-electron chi connectivity index (χ1n) is 5.98. The number of benzene rings is 1. The van der Waals surface area contributed by atoms with Crippen LogP contribution in [0.1, 0.15) is 0 Å². The van der Waals surface area contributed by atoms with Crippen LogP contribution in [0.15, 0.2) is 24.3 Å². The summed E-state index contributed by atoms with van der Waals surface area (Å²) in [5.41, 5.74) is 0. The summed E-state index contributed by atoms with van der Waals surface area (Å²) in [6.07, 6.45) is -1.54. The van der Waals surface area contributed by atoms with Crippen LogP contribution in [-0.4, -0.2) is 61.1 Å². The molecule has 0 saturated heterocycles. The van der Waals surface area contributed by atoms with Crippen LogP contribution in [0.3, 0.4) is 0 Å². The summed E-state index contributed by atoms with van der Waals surface area (Å²) in [6, 6.07) is 7.14. The Morgan fingerprint density at radius 2 is 1.74 bits per heavy atom. The maximum Gasteiger partial charge on any atom is 0.161 e. The van der Waals surface area contributed by atoms with E-state index in [1.165, 1.54) is 0 Å². The third kappa shape index (κ3) is 5.44. The van der Waals surface area contributed by atoms with Crippen molar-refractivity contribution in [3.8, 4) is 11.5 Å². The molecule has 0 aliphatic rings. The summed E-state index contributed by atoms with van der Waals surface area (Å²) in [7, 11) is 1.54. The second-order valence-electron chi connectivity index (χ2n) is 3.94. The van der Waals surface area contributed by atoms with Crippen molar-refractivity contribution in [2.45, 2.75) is 12.2 Å². The highest BCUT2D eigenvalue weighted by Gasteiger charge is 2.13. The molecule has 2 unspecified atom stereocenters. The first kappa shape index (κ1) is 15.7. The van der Waals surface area contributed by atoms with E-state index >= 15 is 0 Å². The topological polar surface area (TPSA) is 88.4 Å². The molecular formula is C13H20O6. The summed E-state index contributed by atoms with van der Waals surface area (Å²) in [5.74, 6) is 1.14. The number of methoxy groups -OCH3 is 1. The van der Waals surface area contributed by atoms with E-state index in [-0.39, 0.29) is 26.4 Å². The lowest BCUT2D eigenvalue weighted by molar-refractivity contribution is -0.0601. The number of rotatable bonds is 9. The quantitative estimate of drug-likeness (QED) is 0.577. The zero-order chi connectivity index (χ0) is 14.1. The minimum atomic E-state index is -0.958. The second kappa shape index (κ2) is 8.71. The Hall–Kier alpha value is -1.34. The SMILES string of the molecule is COc1ccccc1OCC(CO)OCC(O)CO. The van der Waals surface area contributed by atoms with Gasteiger partial charge in [0.05, 0.1) is 26.9 Å². The summed E-state index contributed by atoms with van der Waals surface area (Å²) in [5, 5.41) is 26.9. The van der Waals surface area contributed by atoms with Crippen molar-refractivity contribution in [1.29, 1.82) is 0 Å². The van der Waals surface area contributed by atoms with Gasteiger partial charge < -0.3 is 29.5 Å². The molecule has 0 aromatic heterocycles. The minimum Gasteiger partial charge on any atom is -0.493 e. The van der Waals surface area contributed by atoms with Gasteiger partial charge in [0.25, 0.3) is 0 Å². The third-order valence-corrected chi connectivity index (χ3v) is 2.43. The minimum absolute atomic E-state index is 0.0585. The maximum atomic E-state index is 9.15. The van der Waals surface area contributed by atoms with Crippen LogP contribution in [0.2, 0.25) is 0 Å². The number of aliphatic hydroxyl groups is 3. The number of para-hydroxylation sites is 2. The molecule has 6 nitrogen and oxygen atoms in total. The molecule has 1 rings (SSSR count). The molecule has 108 valence electrons. The summed E-state index contributed by atoms with van der Waals surface area (Å²) in [4.78, 5) is 0. The maximum absolute atomic E-state index is 9.15. The van der Waals surface area contributed by atoms with Crippen LogP contribution >= 0.6 is 0 Å². The Morgan fingerprint density at radius 3 is 2.32 bits per heavy atom. The molecule has 0 bridgehead atoms. The lowest BCUT2D eigenvalue weighted by Gasteiger charge is -2.18. The average Bonchev–Trinajstić information content (AvgIpc) is 2.47. The number of hydrogen-bond acceptors (Lipinski definition) is 6. The number of aliphatic hydroxyl groups excluding tert-OH is 3. The van der Waals surface area contributed by atoms with Gasteiger partial charge in [-0.1, -0.05) is 12.1 Å². The van der Waals surface area contributed by atoms with Crippen LogP contribution in [0.5, 0.6) is 11.5 Å². The van der Waals surface area contributed by atoms with Crippen molar-refractivity contribution in [2.24, 2.45) is 0 Å². The molecular weight excluding hydrogens is 252 g/mol. The van der Waals surface area contributed by atoms with Gasteiger partial charge in [0.2, 0.25) is 0 Å². The molecule has 0 heterocycles. The van der Waals surface area contributed by atoms with Gasteiger partial charge in [0, 0.05) is 0 Å². The van der Waals surface area contributed by atoms with E-state index in [1.54, 1.807) is 19.2 Å². The van der Waals surface area contributed by atoms with Crippen LogP contribution in [0.25, 0.3) is 0 Å². The summed E-state index contributed by atoms with van der Waals surface area (Å²) >= 11 is 0. The number of ether oxygens (including phenoxy) is 3. The molecule has 0 aliphatic heterocycles. The zero-order valence-corrected chi connectivity index (χ0v) is 10.9. The van der Waals surface area contributed by atoms with Gasteiger partial charge in [-0.15, -0.1) is 0 Å². The molecule has 19 heavy (non-hydrogen) atoms. The van der Waals surface area contributed by atoms with E-state index in [2.05, 4.69) is 0 Å². The number of hydrogen-bond donors (Lipinski definition) is 3. The van der Waals surface area contributed by atoms with Crippen LogP contribution in [0.4, 0.5) is 0 Å². The first-order chi connectivity index (χ1) is 9.21. The highest BCUT2D eigenvalue weighted by Crippen LogP contribution is 2.25. The molecule has 2 atom stereocenters. The van der Waals surface area contributed by atoms with Crippen LogP contribution < -0.4 is 9.47 Å². The van der Waals surface area contributed by atoms with Crippen LogP contribution in [-0.2, 0) is 4.74 Å². The Bertz CT molecular complexity index is 357. The molecule has 1 aromatic rings. The lowest BCUT2D eigenvalue weighted by Crippen LogP contribution is -2.30. The molecule has 6 heteroatoms. The van der Waals surface area contributed by atoms with Gasteiger partial charge in [-0.25, -0.2) is 0 Å². The van der Waals surface area contributed by atoms with Gasteiger partial charge in [-0.05, 0) is 12.1 Å². The molecule has 3 N–H and O–H groups in total. The van der Waals surface area contributed by atoms with E-state index < -0.39 is 12.2 Å². The summed E-state index contributed by atoms with van der Waals surface area (Å²) < 4.78 is 15.8. The van der Waals surface area contributed by atoms with E-state index in [9.17, 15) is 0 Å². The molecule has 0 saturated carbocycles. The lowest BCUT2D eigenvalue weighted by atomic mass is 10.3. The van der Waals surface area contributed by atoms with E-state index in [0.717, 1.165) is 0 Å². The van der Waals surface area contributed by atoms with Gasteiger partial charge in [0.1, 0.15) is 18.8 Å². The molecule has 0 aliphatic carbocycles. The van der Waals surface area contributed by atoms with Crippen molar-refractivity contribution in [3.63, 3.8) is 0 Å². The molecule has 0 spiro atoms. The Kier molecular flexibility index (Phi) is 7.20. The second-order valence-corrected chi connectivity index (χ2v) is 3.94. The fourth-order valence-electron chi connectivity index (χ4n) is 1.37. The van der Waals surface area contributed by atoms with Crippen molar-refractivity contribution in [2.75, 3.05) is 33.5 Å². The zero-order valence-electron chi connectivity index (χ0n) is 10.9. The fourth-order valence-corrected chi connectivity index (χ4v) is 1.37. The Balaban J connectivity index is 2.44. The first-order valence-corrected chi connectivity index (χ1v) is 5.98. The Morgan fingerprint density at radius 1 is 1.05 bits per heavy atom. The Labute approximate surface area is 112 Å². The van der Waals surface area contributed by atoms with Gasteiger partial charge >= 0.3 is 0 Å². The average molecular weight is 272 g/mol. The fraction of sp³-hybridized carbons (Fsp3) is 0.538. The normalized spacial score (nSPS) is 13.9. The predicted molar refractivity (Wildman–Crippen MR) is 68.4 cm³/mol. The van der Waals surface area contributed by atoms with E-state index in [4.69, 9.17) is 29.5 Å². The molecule has 0 radical (unpaired) electrons. The summed E-state index contributed by atoms with van der Waals surface area (Å²) in [6.45, 7) is -0.565. The monoisotopic (exact) mass is 272 g/mol. The highest BCUT2D eigenvalue weighted by atomic mass is 16.6. The van der Waals surface area contributed by atoms with E-state index in [0.29, 0.717) is 11.5 Å². The van der Waals surface area contributed by atoms with Crippen molar-refractivity contribution >= 4 is 0 Å². The molecule has 0 fully saturated rings. The van der Waals surface area contributed by atoms with Gasteiger partial charge in [-0.3, -0.25) is 0 Å². The van der Waals surface area contributed by atoms with Crippen LogP contribution in [0, 0.1) is 0 Å². The van der Waals surface area contributed by atoms with Crippen molar-refractivity contribution in [1.82, 2.24) is 0 Å². The smallest absolute Gasteiger partial charge is 0.161 e. The molecule has 0 amide bonds. The van der Waals surface area contributed by atoms with Gasteiger partial charge in [0.15, 0.2) is 11.5 Å². The van der Waals surface area contributed by atoms with E-state index in [1.807, 2.05) is 12.1 Å². The largest absolute Gasteiger partial charge is 0.493 e. The standard InChI is InChI=1S/C13H20O6/c1-17-12-4-2-3-5-13(12)19-9-11(7-15)18-8-10(16)6-14/h2-5,10-11,14-16H,6-9H2,1H3. The van der Waals surface area contributed by atoms with Crippen molar-refractivity contribution in [3.05, 3.63) is 24.3 Å². The molecule has 1 aromatic carbocycles. The highest BCUT2D eigenvalue weighted by molar-refractivity contribution is 5.39. The van der Waals surface area contributed by atoms with Gasteiger partial charge in [-0.2, -0.15) is 0 Å². The van der Waals surface area contributed by atoms with Crippen molar-refractivity contribution < 1.29 is 29.5 Å². The third-order valence-electron chi connectivity index (χ3n) is 2.43.